The fraction of sp³-hybridized carbons (Fsp3) is 0.364. The number of piperidine rings is 1. The number of benzene rings is 1. The minimum atomic E-state index is -0.923. The summed E-state index contributed by atoms with van der Waals surface area (Å²) >= 11 is 1.11. The van der Waals surface area contributed by atoms with Gasteiger partial charge >= 0.3 is 5.97 Å². The lowest BCUT2D eigenvalue weighted by molar-refractivity contribution is -0.133. The Bertz CT molecular complexity index is 1100. The van der Waals surface area contributed by atoms with Crippen LogP contribution in [0.25, 0.3) is 11.1 Å². The third-order valence-electron chi connectivity index (χ3n) is 5.71. The van der Waals surface area contributed by atoms with Crippen LogP contribution in [0.15, 0.2) is 41.2 Å². The van der Waals surface area contributed by atoms with Gasteiger partial charge in [0.25, 0.3) is 5.56 Å². The second-order valence-electron chi connectivity index (χ2n) is 7.76. The number of likely N-dealkylation sites (tertiary alicyclic amines) is 1. The van der Waals surface area contributed by atoms with Crippen LogP contribution in [0, 0.1) is 17.2 Å². The van der Waals surface area contributed by atoms with Gasteiger partial charge in [-0.25, -0.2) is 0 Å². The van der Waals surface area contributed by atoms with Gasteiger partial charge in [0, 0.05) is 36.8 Å². The molecule has 8 heteroatoms. The van der Waals surface area contributed by atoms with Crippen molar-refractivity contribution in [2.45, 2.75) is 18.9 Å². The Kier molecular flexibility index (Phi) is 5.64. The highest BCUT2D eigenvalue weighted by molar-refractivity contribution is 8.00. The molecule has 2 bridgehead atoms. The van der Waals surface area contributed by atoms with Crippen LogP contribution in [0.1, 0.15) is 23.6 Å². The van der Waals surface area contributed by atoms with Crippen LogP contribution in [0.5, 0.6) is 0 Å². The smallest absolute Gasteiger partial charge is 0.313 e. The number of nitriles is 1. The lowest BCUT2D eigenvalue weighted by Gasteiger charge is -2.43. The van der Waals surface area contributed by atoms with Gasteiger partial charge in [0.05, 0.1) is 23.1 Å². The maximum atomic E-state index is 13.2. The monoisotopic (exact) mass is 423 g/mol. The molecule has 7 nitrogen and oxygen atoms in total. The number of carboxylic acid groups (broad SMARTS) is 1. The highest BCUT2D eigenvalue weighted by Gasteiger charge is 2.36. The summed E-state index contributed by atoms with van der Waals surface area (Å²) in [6, 6.07) is 12.9. The van der Waals surface area contributed by atoms with Gasteiger partial charge in [-0.3, -0.25) is 14.4 Å². The molecule has 1 aromatic heterocycles. The Morgan fingerprint density at radius 2 is 2.00 bits per heavy atom. The summed E-state index contributed by atoms with van der Waals surface area (Å²) < 4.78 is 1.83. The van der Waals surface area contributed by atoms with E-state index >= 15 is 0 Å². The van der Waals surface area contributed by atoms with Crippen molar-refractivity contribution in [3.63, 3.8) is 0 Å². The van der Waals surface area contributed by atoms with Crippen LogP contribution in [0.2, 0.25) is 0 Å². The Morgan fingerprint density at radius 3 is 2.77 bits per heavy atom. The van der Waals surface area contributed by atoms with Gasteiger partial charge in [-0.15, -0.1) is 11.8 Å². The van der Waals surface area contributed by atoms with Gasteiger partial charge in [0.1, 0.15) is 0 Å². The van der Waals surface area contributed by atoms with E-state index in [1.807, 2.05) is 27.7 Å². The van der Waals surface area contributed by atoms with Crippen molar-refractivity contribution in [3.8, 4) is 17.2 Å². The van der Waals surface area contributed by atoms with Crippen molar-refractivity contribution in [2.75, 3.05) is 24.6 Å². The Balaban J connectivity index is 1.57. The van der Waals surface area contributed by atoms with E-state index in [4.69, 9.17) is 10.4 Å². The predicted octanol–water partition coefficient (Wildman–Crippen LogP) is 2.15. The quantitative estimate of drug-likeness (QED) is 0.790. The van der Waals surface area contributed by atoms with Crippen molar-refractivity contribution in [2.24, 2.45) is 5.92 Å². The third-order valence-corrected chi connectivity index (χ3v) is 6.61. The van der Waals surface area contributed by atoms with E-state index in [2.05, 4.69) is 6.07 Å². The molecular formula is C22H21N3O4S. The SMILES string of the molecule is N#Cc1cccc(-c2ccc3n(c2=O)CC2CC3CN(C(=O)CSCC(=O)O)C2)c1. The molecule has 1 amide bonds. The number of nitrogens with zero attached hydrogens (tertiary/aromatic N) is 3. The van der Waals surface area contributed by atoms with E-state index in [0.717, 1.165) is 29.4 Å². The molecule has 1 fully saturated rings. The van der Waals surface area contributed by atoms with Gasteiger partial charge in [-0.2, -0.15) is 5.26 Å². The fourth-order valence-electron chi connectivity index (χ4n) is 4.44. The first-order chi connectivity index (χ1) is 14.5. The summed E-state index contributed by atoms with van der Waals surface area (Å²) in [5, 5.41) is 17.9. The van der Waals surface area contributed by atoms with Crippen LogP contribution in [0.3, 0.4) is 0 Å². The number of carbonyl (C=O) groups excluding carboxylic acids is 1. The van der Waals surface area contributed by atoms with E-state index in [-0.39, 0.29) is 34.8 Å². The Hall–Kier alpha value is -3.05. The normalized spacial score (nSPS) is 19.6. The van der Waals surface area contributed by atoms with Crippen LogP contribution in [-0.2, 0) is 16.1 Å². The number of pyridine rings is 1. The molecule has 2 unspecified atom stereocenters. The number of thioether (sulfide) groups is 1. The van der Waals surface area contributed by atoms with Crippen molar-refractivity contribution in [1.29, 1.82) is 5.26 Å². The van der Waals surface area contributed by atoms with E-state index < -0.39 is 5.97 Å². The van der Waals surface area contributed by atoms with Gasteiger partial charge < -0.3 is 14.6 Å². The number of carboxylic acids is 1. The van der Waals surface area contributed by atoms with E-state index in [9.17, 15) is 14.4 Å². The maximum absolute atomic E-state index is 13.2. The number of aliphatic carboxylic acids is 1. The molecule has 2 atom stereocenters. The molecule has 2 aliphatic heterocycles. The maximum Gasteiger partial charge on any atom is 0.313 e. The molecule has 154 valence electrons. The number of hydrogen-bond donors (Lipinski definition) is 1. The summed E-state index contributed by atoms with van der Waals surface area (Å²) in [7, 11) is 0. The highest BCUT2D eigenvalue weighted by atomic mass is 32.2. The van der Waals surface area contributed by atoms with Crippen molar-refractivity contribution < 1.29 is 14.7 Å². The molecule has 1 aromatic carbocycles. The number of rotatable bonds is 5. The molecule has 0 aliphatic carbocycles. The predicted molar refractivity (Wildman–Crippen MR) is 113 cm³/mol. The van der Waals surface area contributed by atoms with Crippen LogP contribution >= 0.6 is 11.8 Å². The van der Waals surface area contributed by atoms with Gasteiger partial charge in [-0.1, -0.05) is 12.1 Å². The summed E-state index contributed by atoms with van der Waals surface area (Å²) in [6.45, 7) is 1.69. The zero-order valence-corrected chi connectivity index (χ0v) is 17.1. The highest BCUT2D eigenvalue weighted by Crippen LogP contribution is 2.36. The summed E-state index contributed by atoms with van der Waals surface area (Å²) in [5.74, 6) is -0.599. The van der Waals surface area contributed by atoms with Crippen LogP contribution in [-0.4, -0.2) is 51.0 Å². The van der Waals surface area contributed by atoms with Crippen LogP contribution in [0.4, 0.5) is 0 Å². The molecule has 30 heavy (non-hydrogen) atoms. The fourth-order valence-corrected chi connectivity index (χ4v) is 5.08. The first-order valence-corrected chi connectivity index (χ1v) is 10.9. The lowest BCUT2D eigenvalue weighted by atomic mass is 9.82. The van der Waals surface area contributed by atoms with Gasteiger partial charge in [0.2, 0.25) is 5.91 Å². The first kappa shape index (κ1) is 20.2. The van der Waals surface area contributed by atoms with Gasteiger partial charge in [-0.05, 0) is 42.2 Å². The summed E-state index contributed by atoms with van der Waals surface area (Å²) in [5.41, 5.74) is 2.70. The van der Waals surface area contributed by atoms with Crippen molar-refractivity contribution in [3.05, 3.63) is 58.0 Å². The second-order valence-corrected chi connectivity index (χ2v) is 8.75. The number of fused-ring (bicyclic) bond motifs is 4. The molecule has 0 spiro atoms. The number of amides is 1. The molecule has 2 aromatic rings. The molecule has 3 heterocycles. The average Bonchev–Trinajstić information content (AvgIpc) is 2.74. The molecule has 2 aliphatic rings. The largest absolute Gasteiger partial charge is 0.481 e. The summed E-state index contributed by atoms with van der Waals surface area (Å²) in [6.07, 6.45) is 0.939. The number of hydrogen-bond acceptors (Lipinski definition) is 5. The third kappa shape index (κ3) is 3.98. The standard InChI is InChI=1S/C22H21N3O4S/c23-8-14-2-1-3-16(6-14)18-4-5-19-17-7-15(10-25(19)22(18)29)9-24(11-17)20(26)12-30-13-21(27)28/h1-6,15,17H,7,9-13H2,(H,27,28). The first-order valence-electron chi connectivity index (χ1n) is 9.78. The average molecular weight is 423 g/mol. The number of carbonyl (C=O) groups is 2. The zero-order valence-electron chi connectivity index (χ0n) is 16.3. The van der Waals surface area contributed by atoms with E-state index in [0.29, 0.717) is 30.8 Å². The van der Waals surface area contributed by atoms with Gasteiger partial charge in [0.15, 0.2) is 0 Å². The topological polar surface area (TPSA) is 103 Å². The zero-order chi connectivity index (χ0) is 21.3. The summed E-state index contributed by atoms with van der Waals surface area (Å²) in [4.78, 5) is 38.2. The van der Waals surface area contributed by atoms with Crippen LogP contribution < -0.4 is 5.56 Å². The molecular weight excluding hydrogens is 402 g/mol. The molecule has 4 rings (SSSR count). The second kappa shape index (κ2) is 8.36. The minimum Gasteiger partial charge on any atom is -0.481 e. The number of aromatic nitrogens is 1. The van der Waals surface area contributed by atoms with Crippen molar-refractivity contribution >= 4 is 23.6 Å². The Labute approximate surface area is 177 Å². The van der Waals surface area contributed by atoms with E-state index in [1.54, 1.807) is 18.2 Å². The van der Waals surface area contributed by atoms with Crippen molar-refractivity contribution in [1.82, 2.24) is 9.47 Å². The lowest BCUT2D eigenvalue weighted by Crippen LogP contribution is -2.49. The van der Waals surface area contributed by atoms with E-state index in [1.165, 1.54) is 0 Å². The molecule has 0 radical (unpaired) electrons. The molecule has 1 N–H and O–H groups in total. The molecule has 0 saturated carbocycles. The Morgan fingerprint density at radius 1 is 1.17 bits per heavy atom. The molecule has 1 saturated heterocycles. The minimum absolute atomic E-state index is 0.0447.